The number of aromatic nitrogens is 2. The van der Waals surface area contributed by atoms with E-state index in [0.717, 1.165) is 37.2 Å². The molecule has 1 aliphatic heterocycles. The Kier molecular flexibility index (Phi) is 3.86. The van der Waals surface area contributed by atoms with Gasteiger partial charge in [0.2, 0.25) is 11.6 Å². The Hall–Kier alpha value is -2.70. The monoisotopic (exact) mass is 299 g/mol. The Bertz CT molecular complexity index is 681. The summed E-state index contributed by atoms with van der Waals surface area (Å²) < 4.78 is 0. The molecule has 1 N–H and O–H groups in total. The minimum absolute atomic E-state index is 0.0648. The van der Waals surface area contributed by atoms with Gasteiger partial charge in [0.15, 0.2) is 0 Å². The fraction of sp³-hybridized carbons (Fsp3) is 0.333. The van der Waals surface area contributed by atoms with Gasteiger partial charge in [-0.2, -0.15) is 0 Å². The first-order valence-corrected chi connectivity index (χ1v) is 7.23. The Morgan fingerprint density at radius 1 is 1.18 bits per heavy atom. The van der Waals surface area contributed by atoms with Crippen molar-refractivity contribution in [1.82, 2.24) is 9.97 Å². The predicted molar refractivity (Wildman–Crippen MR) is 84.6 cm³/mol. The fourth-order valence-electron chi connectivity index (χ4n) is 2.56. The molecule has 1 aliphatic rings. The number of anilines is 3. The van der Waals surface area contributed by atoms with Crippen LogP contribution in [0.25, 0.3) is 0 Å². The molecule has 7 nitrogen and oxygen atoms in total. The van der Waals surface area contributed by atoms with E-state index in [1.54, 1.807) is 0 Å². The molecule has 1 aromatic carbocycles. The van der Waals surface area contributed by atoms with Gasteiger partial charge in [-0.1, -0.05) is 17.7 Å². The molecular formula is C15H17N5O2. The van der Waals surface area contributed by atoms with Crippen LogP contribution in [0.5, 0.6) is 0 Å². The molecule has 114 valence electrons. The number of nitrogens with one attached hydrogen (secondary N) is 1. The second-order valence-electron chi connectivity index (χ2n) is 5.34. The number of aryl methyl sites for hydroxylation is 1. The molecule has 0 amide bonds. The van der Waals surface area contributed by atoms with Gasteiger partial charge in [0.1, 0.15) is 6.33 Å². The van der Waals surface area contributed by atoms with E-state index in [1.807, 2.05) is 36.1 Å². The maximum atomic E-state index is 11.5. The summed E-state index contributed by atoms with van der Waals surface area (Å²) in [6.45, 7) is 3.58. The van der Waals surface area contributed by atoms with Crippen LogP contribution in [0.1, 0.15) is 18.4 Å². The largest absolute Gasteiger partial charge is 0.353 e. The zero-order chi connectivity index (χ0) is 15.5. The van der Waals surface area contributed by atoms with E-state index in [-0.39, 0.29) is 11.5 Å². The van der Waals surface area contributed by atoms with Crippen LogP contribution in [0, 0.1) is 17.0 Å². The van der Waals surface area contributed by atoms with Gasteiger partial charge in [-0.05, 0) is 31.9 Å². The summed E-state index contributed by atoms with van der Waals surface area (Å²) in [5.41, 5.74) is 1.82. The third-order valence-corrected chi connectivity index (χ3v) is 3.71. The minimum Gasteiger partial charge on any atom is -0.351 e. The first kappa shape index (κ1) is 14.2. The first-order chi connectivity index (χ1) is 10.6. The van der Waals surface area contributed by atoms with Crippen LogP contribution in [0.3, 0.4) is 0 Å². The Morgan fingerprint density at radius 2 is 1.86 bits per heavy atom. The van der Waals surface area contributed by atoms with E-state index in [1.165, 1.54) is 6.33 Å². The molecule has 22 heavy (non-hydrogen) atoms. The van der Waals surface area contributed by atoms with Crippen LogP contribution < -0.4 is 10.2 Å². The second kappa shape index (κ2) is 5.97. The van der Waals surface area contributed by atoms with E-state index in [9.17, 15) is 10.1 Å². The Balaban J connectivity index is 1.97. The van der Waals surface area contributed by atoms with E-state index in [4.69, 9.17) is 0 Å². The number of hydrogen-bond donors (Lipinski definition) is 1. The number of nitro groups is 1. The van der Waals surface area contributed by atoms with Crippen molar-refractivity contribution >= 4 is 23.0 Å². The molecule has 2 heterocycles. The smallest absolute Gasteiger partial charge is 0.351 e. The van der Waals surface area contributed by atoms with Gasteiger partial charge in [-0.3, -0.25) is 10.1 Å². The number of benzene rings is 1. The van der Waals surface area contributed by atoms with Gasteiger partial charge < -0.3 is 10.2 Å². The molecule has 3 rings (SSSR count). The van der Waals surface area contributed by atoms with E-state index in [2.05, 4.69) is 15.3 Å². The topological polar surface area (TPSA) is 84.2 Å². The summed E-state index contributed by atoms with van der Waals surface area (Å²) in [5.74, 6) is 0.623. The SMILES string of the molecule is Cc1ccc(Nc2ncnc(N3CCCC3)c2[N+](=O)[O-])cc1. The maximum absolute atomic E-state index is 11.5. The quantitative estimate of drug-likeness (QED) is 0.690. The third kappa shape index (κ3) is 2.83. The van der Waals surface area contributed by atoms with Crippen molar-refractivity contribution in [2.75, 3.05) is 23.3 Å². The van der Waals surface area contributed by atoms with Crippen molar-refractivity contribution in [3.8, 4) is 0 Å². The first-order valence-electron chi connectivity index (χ1n) is 7.23. The van der Waals surface area contributed by atoms with Crippen LogP contribution in [0.15, 0.2) is 30.6 Å². The highest BCUT2D eigenvalue weighted by atomic mass is 16.6. The molecule has 1 aromatic heterocycles. The summed E-state index contributed by atoms with van der Waals surface area (Å²) in [7, 11) is 0. The second-order valence-corrected chi connectivity index (χ2v) is 5.34. The van der Waals surface area contributed by atoms with Crippen molar-refractivity contribution in [3.63, 3.8) is 0 Å². The van der Waals surface area contributed by atoms with E-state index < -0.39 is 4.92 Å². The lowest BCUT2D eigenvalue weighted by Crippen LogP contribution is -2.21. The third-order valence-electron chi connectivity index (χ3n) is 3.71. The fourth-order valence-corrected chi connectivity index (χ4v) is 2.56. The van der Waals surface area contributed by atoms with E-state index >= 15 is 0 Å². The van der Waals surface area contributed by atoms with Gasteiger partial charge >= 0.3 is 5.69 Å². The van der Waals surface area contributed by atoms with Gasteiger partial charge in [0.25, 0.3) is 0 Å². The highest BCUT2D eigenvalue weighted by Gasteiger charge is 2.28. The van der Waals surface area contributed by atoms with Crippen LogP contribution in [-0.2, 0) is 0 Å². The van der Waals surface area contributed by atoms with Crippen LogP contribution >= 0.6 is 0 Å². The van der Waals surface area contributed by atoms with Crippen LogP contribution in [0.4, 0.5) is 23.0 Å². The van der Waals surface area contributed by atoms with E-state index in [0.29, 0.717) is 5.82 Å². The van der Waals surface area contributed by atoms with Gasteiger partial charge in [-0.15, -0.1) is 0 Å². The molecule has 7 heteroatoms. The summed E-state index contributed by atoms with van der Waals surface area (Å²) in [4.78, 5) is 21.2. The maximum Gasteiger partial charge on any atom is 0.353 e. The van der Waals surface area contributed by atoms with Gasteiger partial charge in [-0.25, -0.2) is 9.97 Å². The predicted octanol–water partition coefficient (Wildman–Crippen LogP) is 3.04. The van der Waals surface area contributed by atoms with Crippen molar-refractivity contribution in [3.05, 3.63) is 46.3 Å². The lowest BCUT2D eigenvalue weighted by atomic mass is 10.2. The summed E-state index contributed by atoms with van der Waals surface area (Å²) in [5, 5.41) is 14.5. The standard InChI is InChI=1S/C15H17N5O2/c1-11-4-6-12(7-5-11)18-14-13(20(21)22)15(17-10-16-14)19-8-2-3-9-19/h4-7,10H,2-3,8-9H2,1H3,(H,16,17,18). The molecule has 0 aliphatic carbocycles. The van der Waals surface area contributed by atoms with Gasteiger partial charge in [0.05, 0.1) is 4.92 Å². The highest BCUT2D eigenvalue weighted by Crippen LogP contribution is 2.34. The summed E-state index contributed by atoms with van der Waals surface area (Å²) in [6, 6.07) is 7.63. The molecule has 0 radical (unpaired) electrons. The van der Waals surface area contributed by atoms with Gasteiger partial charge in [0, 0.05) is 18.8 Å². The molecule has 1 fully saturated rings. The zero-order valence-corrected chi connectivity index (χ0v) is 12.3. The molecule has 0 atom stereocenters. The molecule has 1 saturated heterocycles. The minimum atomic E-state index is -0.413. The lowest BCUT2D eigenvalue weighted by Gasteiger charge is -2.17. The van der Waals surface area contributed by atoms with Crippen molar-refractivity contribution in [2.45, 2.75) is 19.8 Å². The molecular weight excluding hydrogens is 282 g/mol. The van der Waals surface area contributed by atoms with Crippen molar-refractivity contribution in [2.24, 2.45) is 0 Å². The summed E-state index contributed by atoms with van der Waals surface area (Å²) in [6.07, 6.45) is 3.43. The lowest BCUT2D eigenvalue weighted by molar-refractivity contribution is -0.383. The molecule has 0 spiro atoms. The van der Waals surface area contributed by atoms with Crippen LogP contribution in [-0.4, -0.2) is 28.0 Å². The molecule has 0 bridgehead atoms. The highest BCUT2D eigenvalue weighted by molar-refractivity contribution is 5.74. The average molecular weight is 299 g/mol. The molecule has 2 aromatic rings. The summed E-state index contributed by atoms with van der Waals surface area (Å²) >= 11 is 0. The zero-order valence-electron chi connectivity index (χ0n) is 12.3. The number of hydrogen-bond acceptors (Lipinski definition) is 6. The van der Waals surface area contributed by atoms with Crippen molar-refractivity contribution < 1.29 is 4.92 Å². The number of rotatable bonds is 4. The molecule has 0 unspecified atom stereocenters. The average Bonchev–Trinajstić information content (AvgIpc) is 3.03. The normalized spacial score (nSPS) is 14.1. The molecule has 0 saturated carbocycles. The number of nitrogens with zero attached hydrogens (tertiary/aromatic N) is 4. The van der Waals surface area contributed by atoms with Crippen molar-refractivity contribution in [1.29, 1.82) is 0 Å². The van der Waals surface area contributed by atoms with Crippen LogP contribution in [0.2, 0.25) is 0 Å². The Labute approximate surface area is 128 Å². The Morgan fingerprint density at radius 3 is 2.50 bits per heavy atom.